The number of nitrogens with zero attached hydrogens (tertiary/aromatic N) is 3. The van der Waals surface area contributed by atoms with Crippen LogP contribution in [0.15, 0.2) is 57.9 Å². The normalized spacial score (nSPS) is 18.5. The van der Waals surface area contributed by atoms with Gasteiger partial charge in [-0.1, -0.05) is 39.0 Å². The van der Waals surface area contributed by atoms with Crippen LogP contribution in [0.25, 0.3) is 0 Å². The summed E-state index contributed by atoms with van der Waals surface area (Å²) >= 11 is 0. The number of aliphatic hydroxyl groups excluding tert-OH is 1. The number of hydrogen-bond acceptors (Lipinski definition) is 9. The smallest absolute Gasteiger partial charge is 0.345 e. The monoisotopic (exact) mass is 600 g/mol. The quantitative estimate of drug-likeness (QED) is 0.194. The molecule has 1 fully saturated rings. The van der Waals surface area contributed by atoms with Gasteiger partial charge in [0.25, 0.3) is 0 Å². The van der Waals surface area contributed by atoms with Crippen molar-refractivity contribution < 1.29 is 23.4 Å². The lowest BCUT2D eigenvalue weighted by Gasteiger charge is -2.34. The Hall–Kier alpha value is -3.35. The Kier molecular flexibility index (Phi) is 11.8. The minimum absolute atomic E-state index is 0.177. The van der Waals surface area contributed by atoms with Crippen molar-refractivity contribution in [3.63, 3.8) is 0 Å². The molecule has 2 aromatic carbocycles. The number of phenolic OH excluding ortho intramolecular Hbond substituents is 1. The Morgan fingerprint density at radius 3 is 2.45 bits per heavy atom. The molecule has 0 aliphatic carbocycles. The average Bonchev–Trinajstić information content (AvgIpc) is 3.28. The van der Waals surface area contributed by atoms with E-state index >= 15 is 0 Å². The molecule has 0 aromatic heterocycles. The lowest BCUT2D eigenvalue weighted by Crippen LogP contribution is -2.45. The lowest BCUT2D eigenvalue weighted by atomic mass is 10.0. The Morgan fingerprint density at radius 1 is 1.05 bits per heavy atom. The van der Waals surface area contributed by atoms with Crippen LogP contribution in [0, 0.1) is 0 Å². The highest BCUT2D eigenvalue weighted by Gasteiger charge is 2.26. The molecule has 0 bridgehead atoms. The van der Waals surface area contributed by atoms with Gasteiger partial charge in [0.2, 0.25) is 0 Å². The van der Waals surface area contributed by atoms with Gasteiger partial charge in [0.15, 0.2) is 11.7 Å². The molecular formula is C30H44N6O5S. The number of ether oxygens (including phenoxy) is 1. The number of piperidine rings is 1. The van der Waals surface area contributed by atoms with Crippen molar-refractivity contribution >= 4 is 33.3 Å². The van der Waals surface area contributed by atoms with Crippen LogP contribution in [0.1, 0.15) is 58.3 Å². The summed E-state index contributed by atoms with van der Waals surface area (Å²) in [5.41, 5.74) is 1.83. The number of aliphatic hydroxyl groups is 1. The number of phenols is 1. The molecule has 11 nitrogen and oxygen atoms in total. The third-order valence-electron chi connectivity index (χ3n) is 7.35. The highest BCUT2D eigenvalue weighted by molar-refractivity contribution is 7.89. The minimum atomic E-state index is -3.78. The van der Waals surface area contributed by atoms with Gasteiger partial charge in [0.1, 0.15) is 24.2 Å². The van der Waals surface area contributed by atoms with Gasteiger partial charge in [-0.3, -0.25) is 4.99 Å². The number of aromatic hydroxyl groups is 1. The number of unbranched alkanes of at least 4 members (excludes halogenated alkanes) is 5. The predicted octanol–water partition coefficient (Wildman–Crippen LogP) is 3.81. The van der Waals surface area contributed by atoms with Crippen molar-refractivity contribution in [2.45, 2.75) is 70.4 Å². The fourth-order valence-corrected chi connectivity index (χ4v) is 5.78. The van der Waals surface area contributed by atoms with Gasteiger partial charge in [0, 0.05) is 43.6 Å². The summed E-state index contributed by atoms with van der Waals surface area (Å²) in [7, 11) is -3.78. The van der Waals surface area contributed by atoms with Crippen LogP contribution in [-0.2, 0) is 10.2 Å². The van der Waals surface area contributed by atoms with E-state index in [2.05, 4.69) is 36.6 Å². The number of nitrogens with one attached hydrogen (secondary N) is 3. The molecule has 4 rings (SSSR count). The molecule has 230 valence electrons. The molecule has 0 unspecified atom stereocenters. The van der Waals surface area contributed by atoms with E-state index in [-0.39, 0.29) is 24.0 Å². The Balaban J connectivity index is 1.18. The summed E-state index contributed by atoms with van der Waals surface area (Å²) in [5.74, 6) is 1.27. The Bertz CT molecular complexity index is 1280. The minimum Gasteiger partial charge on any atom is -0.508 e. The van der Waals surface area contributed by atoms with E-state index in [1.165, 1.54) is 25.7 Å². The largest absolute Gasteiger partial charge is 0.508 e. The van der Waals surface area contributed by atoms with Crippen molar-refractivity contribution in [2.24, 2.45) is 9.39 Å². The van der Waals surface area contributed by atoms with Gasteiger partial charge >= 0.3 is 10.2 Å². The third kappa shape index (κ3) is 10.2. The lowest BCUT2D eigenvalue weighted by molar-refractivity contribution is 0.102. The Morgan fingerprint density at radius 2 is 1.74 bits per heavy atom. The first-order valence-electron chi connectivity index (χ1n) is 14.9. The number of anilines is 2. The van der Waals surface area contributed by atoms with Crippen molar-refractivity contribution in [3.8, 4) is 11.5 Å². The second kappa shape index (κ2) is 15.8. The van der Waals surface area contributed by atoms with Crippen LogP contribution in [0.2, 0.25) is 0 Å². The van der Waals surface area contributed by atoms with Gasteiger partial charge in [-0.05, 0) is 67.8 Å². The van der Waals surface area contributed by atoms with Crippen LogP contribution in [-0.4, -0.2) is 75.2 Å². The first-order chi connectivity index (χ1) is 20.3. The number of hydrogen-bond donors (Lipinski definition) is 5. The highest BCUT2D eigenvalue weighted by atomic mass is 32.2. The number of amidine groups is 2. The van der Waals surface area contributed by atoms with Crippen LogP contribution >= 0.6 is 0 Å². The molecule has 1 atom stereocenters. The van der Waals surface area contributed by atoms with Crippen molar-refractivity contribution in [3.05, 3.63) is 48.5 Å². The Labute approximate surface area is 249 Å². The summed E-state index contributed by atoms with van der Waals surface area (Å²) in [6.45, 7) is 5.14. The van der Waals surface area contributed by atoms with Gasteiger partial charge in [-0.15, -0.1) is 4.40 Å². The molecule has 0 spiro atoms. The predicted molar refractivity (Wildman–Crippen MR) is 168 cm³/mol. The molecule has 0 saturated carbocycles. The first kappa shape index (κ1) is 31.6. The van der Waals surface area contributed by atoms with E-state index in [1.54, 1.807) is 24.3 Å². The van der Waals surface area contributed by atoms with E-state index in [0.29, 0.717) is 24.9 Å². The van der Waals surface area contributed by atoms with E-state index < -0.39 is 16.3 Å². The molecule has 12 heteroatoms. The highest BCUT2D eigenvalue weighted by Crippen LogP contribution is 2.23. The molecule has 0 amide bonds. The maximum atomic E-state index is 12.1. The van der Waals surface area contributed by atoms with E-state index in [0.717, 1.165) is 50.1 Å². The SMILES string of the molecule is CCCCCCCCN=C1NS(=O)(=O)N=C1Nc1ccc(N2CCC(NC[C@H](O)COc3ccc(O)cc3)CC2)cc1. The molecule has 42 heavy (non-hydrogen) atoms. The second-order valence-electron chi connectivity index (χ2n) is 10.8. The van der Waals surface area contributed by atoms with Gasteiger partial charge in [0.05, 0.1) is 0 Å². The maximum Gasteiger partial charge on any atom is 0.345 e. The fraction of sp³-hybridized carbons (Fsp3) is 0.533. The molecule has 2 aromatic rings. The molecule has 1 saturated heterocycles. The molecular weight excluding hydrogens is 556 g/mol. The summed E-state index contributed by atoms with van der Waals surface area (Å²) in [4.78, 5) is 6.77. The molecule has 2 heterocycles. The van der Waals surface area contributed by atoms with Crippen LogP contribution < -0.4 is 25.0 Å². The number of aliphatic imine (C=N–C) groups is 1. The van der Waals surface area contributed by atoms with Crippen LogP contribution in [0.5, 0.6) is 11.5 Å². The first-order valence-corrected chi connectivity index (χ1v) is 16.4. The van der Waals surface area contributed by atoms with Crippen molar-refractivity contribution in [1.82, 2.24) is 10.0 Å². The zero-order valence-electron chi connectivity index (χ0n) is 24.3. The average molecular weight is 601 g/mol. The van der Waals surface area contributed by atoms with Crippen molar-refractivity contribution in [1.29, 1.82) is 0 Å². The van der Waals surface area contributed by atoms with Gasteiger partial charge < -0.3 is 30.5 Å². The molecule has 0 radical (unpaired) electrons. The standard InChI is InChI=1S/C30H44N6O5S/c1-2-3-4-5-6-7-18-31-29-30(35-42(39,40)34-29)33-24-8-10-25(11-9-24)36-19-16-23(17-20-36)32-21-27(38)22-41-28-14-12-26(37)13-15-28/h8-15,23,27,32,37-38H,2-7,16-22H2,1H3,(H,31,34)(H,33,35)/t27-/m0/s1. The topological polar surface area (TPSA) is 148 Å². The van der Waals surface area contributed by atoms with E-state index in [4.69, 9.17) is 4.74 Å². The zero-order chi connectivity index (χ0) is 29.8. The molecule has 2 aliphatic rings. The number of rotatable bonds is 15. The van der Waals surface area contributed by atoms with E-state index in [9.17, 15) is 18.6 Å². The molecule has 2 aliphatic heterocycles. The molecule has 5 N–H and O–H groups in total. The second-order valence-corrected chi connectivity index (χ2v) is 12.2. The van der Waals surface area contributed by atoms with Gasteiger partial charge in [-0.2, -0.15) is 8.42 Å². The van der Waals surface area contributed by atoms with Gasteiger partial charge in [-0.25, -0.2) is 4.72 Å². The van der Waals surface area contributed by atoms with E-state index in [1.807, 2.05) is 24.3 Å². The summed E-state index contributed by atoms with van der Waals surface area (Å²) in [5, 5.41) is 26.2. The maximum absolute atomic E-state index is 12.1. The zero-order valence-corrected chi connectivity index (χ0v) is 25.2. The summed E-state index contributed by atoms with van der Waals surface area (Å²) < 4.78 is 35.9. The third-order valence-corrected chi connectivity index (χ3v) is 8.23. The summed E-state index contributed by atoms with van der Waals surface area (Å²) in [6, 6.07) is 14.6. The number of benzene rings is 2. The van der Waals surface area contributed by atoms with Crippen LogP contribution in [0.3, 0.4) is 0 Å². The van der Waals surface area contributed by atoms with Crippen molar-refractivity contribution in [2.75, 3.05) is 43.0 Å². The fourth-order valence-electron chi connectivity index (χ4n) is 4.96. The summed E-state index contributed by atoms with van der Waals surface area (Å²) in [6.07, 6.45) is 8.11. The van der Waals surface area contributed by atoms with Crippen LogP contribution in [0.4, 0.5) is 11.4 Å².